The van der Waals surface area contributed by atoms with Crippen LogP contribution in [0, 0.1) is 5.82 Å². The number of rotatable bonds is 5. The SMILES string of the molecule is CSc1cccc(NC(=O)Cn2cnc3onc(-c4cccc(F)c4)c3c2=O)c1. The molecule has 146 valence electrons. The Bertz CT molecular complexity index is 1270. The van der Waals surface area contributed by atoms with E-state index < -0.39 is 11.4 Å². The number of halogens is 1. The lowest BCUT2D eigenvalue weighted by Crippen LogP contribution is -2.27. The Morgan fingerprint density at radius 1 is 1.24 bits per heavy atom. The molecule has 29 heavy (non-hydrogen) atoms. The molecule has 0 aliphatic carbocycles. The maximum absolute atomic E-state index is 13.6. The minimum atomic E-state index is -0.497. The third-order valence-electron chi connectivity index (χ3n) is 4.23. The first-order valence-electron chi connectivity index (χ1n) is 8.60. The van der Waals surface area contributed by atoms with Gasteiger partial charge in [-0.25, -0.2) is 9.37 Å². The summed E-state index contributed by atoms with van der Waals surface area (Å²) in [5.74, 6) is -0.843. The average molecular weight is 410 g/mol. The Morgan fingerprint density at radius 3 is 2.86 bits per heavy atom. The van der Waals surface area contributed by atoms with Gasteiger partial charge in [0.2, 0.25) is 5.91 Å². The fraction of sp³-hybridized carbons (Fsp3) is 0.100. The molecule has 0 aliphatic rings. The molecule has 0 atom stereocenters. The Balaban J connectivity index is 1.64. The molecular weight excluding hydrogens is 395 g/mol. The van der Waals surface area contributed by atoms with E-state index in [4.69, 9.17) is 4.52 Å². The van der Waals surface area contributed by atoms with E-state index in [1.165, 1.54) is 24.5 Å². The summed E-state index contributed by atoms with van der Waals surface area (Å²) in [5, 5.41) is 6.71. The first-order valence-corrected chi connectivity index (χ1v) is 9.82. The lowest BCUT2D eigenvalue weighted by Gasteiger charge is -2.08. The van der Waals surface area contributed by atoms with Gasteiger partial charge in [0, 0.05) is 16.1 Å². The van der Waals surface area contributed by atoms with Crippen molar-refractivity contribution in [1.82, 2.24) is 14.7 Å². The molecule has 0 aliphatic heterocycles. The normalized spacial score (nSPS) is 11.0. The van der Waals surface area contributed by atoms with Crippen molar-refractivity contribution in [3.05, 3.63) is 71.0 Å². The molecule has 2 heterocycles. The summed E-state index contributed by atoms with van der Waals surface area (Å²) >= 11 is 1.56. The van der Waals surface area contributed by atoms with Crippen LogP contribution in [0.5, 0.6) is 0 Å². The summed E-state index contributed by atoms with van der Waals surface area (Å²) in [7, 11) is 0. The Labute approximate surface area is 168 Å². The van der Waals surface area contributed by atoms with Gasteiger partial charge in [-0.2, -0.15) is 0 Å². The van der Waals surface area contributed by atoms with Gasteiger partial charge in [-0.15, -0.1) is 11.8 Å². The van der Waals surface area contributed by atoms with Crippen molar-refractivity contribution in [3.63, 3.8) is 0 Å². The molecule has 0 spiro atoms. The van der Waals surface area contributed by atoms with Gasteiger partial charge in [0.25, 0.3) is 11.3 Å². The van der Waals surface area contributed by atoms with Crippen LogP contribution in [-0.4, -0.2) is 26.9 Å². The number of nitrogens with zero attached hydrogens (tertiary/aromatic N) is 3. The minimum absolute atomic E-state index is 0.0265. The zero-order chi connectivity index (χ0) is 20.4. The highest BCUT2D eigenvalue weighted by Crippen LogP contribution is 2.24. The van der Waals surface area contributed by atoms with Crippen molar-refractivity contribution in [2.45, 2.75) is 11.4 Å². The molecule has 2 aromatic heterocycles. The first-order chi connectivity index (χ1) is 14.0. The highest BCUT2D eigenvalue weighted by atomic mass is 32.2. The number of benzene rings is 2. The smallest absolute Gasteiger partial charge is 0.267 e. The summed E-state index contributed by atoms with van der Waals surface area (Å²) in [6, 6.07) is 13.0. The van der Waals surface area contributed by atoms with Crippen LogP contribution in [0.4, 0.5) is 10.1 Å². The van der Waals surface area contributed by atoms with Crippen LogP contribution in [0.2, 0.25) is 0 Å². The van der Waals surface area contributed by atoms with E-state index in [-0.39, 0.29) is 29.2 Å². The minimum Gasteiger partial charge on any atom is -0.335 e. The van der Waals surface area contributed by atoms with Crippen LogP contribution in [-0.2, 0) is 11.3 Å². The summed E-state index contributed by atoms with van der Waals surface area (Å²) < 4.78 is 19.8. The summed E-state index contributed by atoms with van der Waals surface area (Å²) in [5.41, 5.74) is 0.731. The zero-order valence-electron chi connectivity index (χ0n) is 15.3. The summed E-state index contributed by atoms with van der Waals surface area (Å²) in [6.45, 7) is -0.237. The third-order valence-corrected chi connectivity index (χ3v) is 4.95. The third kappa shape index (κ3) is 3.90. The van der Waals surface area contributed by atoms with Crippen LogP contribution in [0.25, 0.3) is 22.4 Å². The van der Waals surface area contributed by atoms with Crippen LogP contribution in [0.1, 0.15) is 0 Å². The van der Waals surface area contributed by atoms with Crippen LogP contribution in [0.15, 0.2) is 69.1 Å². The predicted molar refractivity (Wildman–Crippen MR) is 108 cm³/mol. The molecule has 0 saturated carbocycles. The largest absolute Gasteiger partial charge is 0.335 e. The predicted octanol–water partition coefficient (Wildman–Crippen LogP) is 3.55. The molecule has 0 unspecified atom stereocenters. The van der Waals surface area contributed by atoms with Gasteiger partial charge in [-0.05, 0) is 36.6 Å². The number of aromatic nitrogens is 3. The van der Waals surface area contributed by atoms with Gasteiger partial charge >= 0.3 is 0 Å². The van der Waals surface area contributed by atoms with Crippen molar-refractivity contribution in [3.8, 4) is 11.3 Å². The number of fused-ring (bicyclic) bond motifs is 1. The molecule has 4 aromatic rings. The van der Waals surface area contributed by atoms with E-state index in [1.807, 2.05) is 24.5 Å². The second-order valence-electron chi connectivity index (χ2n) is 6.18. The van der Waals surface area contributed by atoms with E-state index >= 15 is 0 Å². The van der Waals surface area contributed by atoms with Crippen molar-refractivity contribution in [1.29, 1.82) is 0 Å². The molecule has 0 radical (unpaired) electrons. The standard InChI is InChI=1S/C20H15FN4O3S/c1-29-15-7-3-6-14(9-15)23-16(26)10-25-11-22-19-17(20(25)27)18(24-28-19)12-4-2-5-13(21)8-12/h2-9,11H,10H2,1H3,(H,23,26). The number of hydrogen-bond acceptors (Lipinski definition) is 6. The fourth-order valence-corrected chi connectivity index (χ4v) is 3.34. The van der Waals surface area contributed by atoms with Crippen molar-refractivity contribution in [2.24, 2.45) is 0 Å². The molecule has 7 nitrogen and oxygen atoms in total. The number of anilines is 1. The van der Waals surface area contributed by atoms with Gasteiger partial charge < -0.3 is 9.84 Å². The van der Waals surface area contributed by atoms with Crippen LogP contribution < -0.4 is 10.9 Å². The molecule has 2 aromatic carbocycles. The topological polar surface area (TPSA) is 90.0 Å². The fourth-order valence-electron chi connectivity index (χ4n) is 2.88. The maximum atomic E-state index is 13.6. The van der Waals surface area contributed by atoms with Crippen molar-refractivity contribution in [2.75, 3.05) is 11.6 Å². The number of nitrogens with one attached hydrogen (secondary N) is 1. The molecule has 0 bridgehead atoms. The molecule has 0 saturated heterocycles. The van der Waals surface area contributed by atoms with E-state index in [0.29, 0.717) is 11.3 Å². The molecule has 1 amide bonds. The lowest BCUT2D eigenvalue weighted by molar-refractivity contribution is -0.116. The van der Waals surface area contributed by atoms with Crippen molar-refractivity contribution < 1.29 is 13.7 Å². The molecule has 9 heteroatoms. The zero-order valence-corrected chi connectivity index (χ0v) is 16.1. The van der Waals surface area contributed by atoms with Crippen molar-refractivity contribution >= 4 is 34.5 Å². The second-order valence-corrected chi connectivity index (χ2v) is 7.06. The summed E-state index contributed by atoms with van der Waals surface area (Å²) in [4.78, 5) is 30.4. The number of thioether (sulfide) groups is 1. The Hall–Kier alpha value is -3.46. The molecule has 0 fully saturated rings. The Kier molecular flexibility index (Phi) is 5.13. The number of carbonyl (C=O) groups excluding carboxylic acids is 1. The van der Waals surface area contributed by atoms with Gasteiger partial charge in [0.1, 0.15) is 29.8 Å². The number of amides is 1. The highest BCUT2D eigenvalue weighted by molar-refractivity contribution is 7.98. The van der Waals surface area contributed by atoms with Gasteiger partial charge in [-0.3, -0.25) is 14.2 Å². The lowest BCUT2D eigenvalue weighted by atomic mass is 10.1. The van der Waals surface area contributed by atoms with Gasteiger partial charge in [-0.1, -0.05) is 23.4 Å². The highest BCUT2D eigenvalue weighted by Gasteiger charge is 2.18. The number of carbonyl (C=O) groups is 1. The van der Waals surface area contributed by atoms with Crippen LogP contribution >= 0.6 is 11.8 Å². The molecule has 4 rings (SSSR count). The average Bonchev–Trinajstić information content (AvgIpc) is 3.15. The first kappa shape index (κ1) is 18.9. The van der Waals surface area contributed by atoms with E-state index in [2.05, 4.69) is 15.5 Å². The van der Waals surface area contributed by atoms with Gasteiger partial charge in [0.15, 0.2) is 0 Å². The maximum Gasteiger partial charge on any atom is 0.267 e. The molecule has 1 N–H and O–H groups in total. The van der Waals surface area contributed by atoms with Crippen LogP contribution in [0.3, 0.4) is 0 Å². The number of hydrogen-bond donors (Lipinski definition) is 1. The van der Waals surface area contributed by atoms with E-state index in [0.717, 1.165) is 9.46 Å². The summed E-state index contributed by atoms with van der Waals surface area (Å²) in [6.07, 6.45) is 3.17. The second kappa shape index (κ2) is 7.88. The van der Waals surface area contributed by atoms with E-state index in [1.54, 1.807) is 23.9 Å². The Morgan fingerprint density at radius 2 is 2.07 bits per heavy atom. The van der Waals surface area contributed by atoms with E-state index in [9.17, 15) is 14.0 Å². The monoisotopic (exact) mass is 410 g/mol. The molecular formula is C20H15FN4O3S. The van der Waals surface area contributed by atoms with Gasteiger partial charge in [0.05, 0.1) is 0 Å². The quantitative estimate of drug-likeness (QED) is 0.506.